The Bertz CT molecular complexity index is 828. The maximum absolute atomic E-state index is 10.1. The second kappa shape index (κ2) is 8.02. The monoisotopic (exact) mass is 376 g/mol. The summed E-state index contributed by atoms with van der Waals surface area (Å²) < 4.78 is 6.23. The first kappa shape index (κ1) is 19.9. The Morgan fingerprint density at radius 2 is 1.93 bits per heavy atom. The van der Waals surface area contributed by atoms with E-state index in [4.69, 9.17) is 4.43 Å². The molecule has 1 aliphatic rings. The molecule has 5 heteroatoms. The first-order valence-corrected chi connectivity index (χ1v) is 13.2. The van der Waals surface area contributed by atoms with Gasteiger partial charge in [0.15, 0.2) is 8.32 Å². The minimum absolute atomic E-state index is 0.0175. The average Bonchev–Trinajstić information content (AvgIpc) is 2.65. The van der Waals surface area contributed by atoms with Crippen molar-refractivity contribution < 1.29 is 4.43 Å². The summed E-state index contributed by atoms with van der Waals surface area (Å²) in [5, 5.41) is 13.8. The van der Waals surface area contributed by atoms with Crippen molar-refractivity contribution in [2.45, 2.75) is 50.5 Å². The van der Waals surface area contributed by atoms with E-state index in [1.807, 2.05) is 6.07 Å². The molecule has 0 fully saturated rings. The third kappa shape index (κ3) is 4.90. The number of rotatable bonds is 6. The molecule has 1 N–H and O–H groups in total. The maximum Gasteiger partial charge on any atom is 0.183 e. The van der Waals surface area contributed by atoms with Gasteiger partial charge in [-0.25, -0.2) is 0 Å². The molecule has 0 aliphatic heterocycles. The Morgan fingerprint density at radius 3 is 2.59 bits per heavy atom. The van der Waals surface area contributed by atoms with E-state index in [1.54, 1.807) is 0 Å². The summed E-state index contributed by atoms with van der Waals surface area (Å²) in [5.74, 6) is 0. The number of nitrogens with one attached hydrogen (secondary N) is 1. The van der Waals surface area contributed by atoms with Crippen molar-refractivity contribution in [1.29, 1.82) is 5.26 Å². The van der Waals surface area contributed by atoms with Gasteiger partial charge in [0.2, 0.25) is 0 Å². The van der Waals surface area contributed by atoms with Gasteiger partial charge in [0, 0.05) is 6.42 Å². The Kier molecular flexibility index (Phi) is 5.90. The number of hydrogen-bond acceptors (Lipinski definition) is 3. The van der Waals surface area contributed by atoms with Crippen molar-refractivity contribution >= 4 is 21.6 Å². The first-order chi connectivity index (χ1) is 12.8. The van der Waals surface area contributed by atoms with E-state index in [0.717, 1.165) is 19.3 Å². The van der Waals surface area contributed by atoms with E-state index < -0.39 is 13.9 Å². The van der Waals surface area contributed by atoms with Crippen molar-refractivity contribution in [3.63, 3.8) is 0 Å². The topological polar surface area (TPSA) is 45.0 Å². The second-order valence-electron chi connectivity index (χ2n) is 8.61. The Balaban J connectivity index is 1.86. The predicted octanol–water partition coefficient (Wildman–Crippen LogP) is 2.88. The van der Waals surface area contributed by atoms with Crippen LogP contribution in [-0.4, -0.2) is 28.3 Å². The standard InChI is InChI=1S/C22H29BN2OSi/c1-27(2,3)26-15-21(17-8-5-4-6-9-17)25-22(16-24)13-12-19-18(14-22)10-7-11-20(19)23/h4-11,21,25H,12-15,23H2,1-3H3/t21-,22?/m0/s1. The van der Waals surface area contributed by atoms with Gasteiger partial charge in [-0.1, -0.05) is 59.6 Å². The van der Waals surface area contributed by atoms with Crippen LogP contribution in [0.4, 0.5) is 0 Å². The number of hydrogen-bond donors (Lipinski definition) is 1. The lowest BCUT2D eigenvalue weighted by Crippen LogP contribution is -2.51. The van der Waals surface area contributed by atoms with Crippen LogP contribution in [0.1, 0.15) is 29.2 Å². The summed E-state index contributed by atoms with van der Waals surface area (Å²) in [6.07, 6.45) is 2.52. The lowest BCUT2D eigenvalue weighted by Gasteiger charge is -2.38. The molecule has 3 rings (SSSR count). The highest BCUT2D eigenvalue weighted by Crippen LogP contribution is 2.30. The Hall–Kier alpha value is -1.87. The minimum Gasteiger partial charge on any atom is -0.416 e. The zero-order valence-corrected chi connectivity index (χ0v) is 17.9. The molecule has 0 saturated carbocycles. The van der Waals surface area contributed by atoms with Crippen LogP contribution >= 0.6 is 0 Å². The summed E-state index contributed by atoms with van der Waals surface area (Å²) >= 11 is 0. The smallest absolute Gasteiger partial charge is 0.183 e. The van der Waals surface area contributed by atoms with Crippen molar-refractivity contribution in [3.8, 4) is 6.07 Å². The molecule has 3 nitrogen and oxygen atoms in total. The van der Waals surface area contributed by atoms with Crippen LogP contribution in [0.3, 0.4) is 0 Å². The van der Waals surface area contributed by atoms with E-state index in [0.29, 0.717) is 6.61 Å². The van der Waals surface area contributed by atoms with Crippen LogP contribution in [0, 0.1) is 11.3 Å². The molecule has 27 heavy (non-hydrogen) atoms. The van der Waals surface area contributed by atoms with Gasteiger partial charge in [-0.05, 0) is 43.6 Å². The molecule has 0 spiro atoms. The zero-order valence-electron chi connectivity index (χ0n) is 16.9. The molecule has 1 aliphatic carbocycles. The molecule has 0 bridgehead atoms. The fourth-order valence-electron chi connectivity index (χ4n) is 3.86. The highest BCUT2D eigenvalue weighted by atomic mass is 28.4. The minimum atomic E-state index is -1.64. The molecule has 2 atom stereocenters. The van der Waals surface area contributed by atoms with E-state index >= 15 is 0 Å². The van der Waals surface area contributed by atoms with E-state index in [1.165, 1.54) is 22.2 Å². The molecule has 1 unspecified atom stereocenters. The highest BCUT2D eigenvalue weighted by Gasteiger charge is 2.37. The molecule has 0 aromatic heterocycles. The molecular formula is C22H29BN2OSi. The van der Waals surface area contributed by atoms with Crippen LogP contribution in [0.25, 0.3) is 0 Å². The van der Waals surface area contributed by atoms with Crippen molar-refractivity contribution in [2.75, 3.05) is 6.61 Å². The summed E-state index contributed by atoms with van der Waals surface area (Å²) in [6.45, 7) is 7.21. The van der Waals surface area contributed by atoms with Gasteiger partial charge in [-0.3, -0.25) is 5.32 Å². The fourth-order valence-corrected chi connectivity index (χ4v) is 4.53. The van der Waals surface area contributed by atoms with Crippen LogP contribution in [0.15, 0.2) is 48.5 Å². The van der Waals surface area contributed by atoms with Gasteiger partial charge in [0.05, 0.1) is 18.7 Å². The lowest BCUT2D eigenvalue weighted by molar-refractivity contribution is 0.221. The molecule has 0 radical (unpaired) electrons. The molecular weight excluding hydrogens is 347 g/mol. The van der Waals surface area contributed by atoms with Crippen molar-refractivity contribution in [3.05, 3.63) is 65.2 Å². The predicted molar refractivity (Wildman–Crippen MR) is 117 cm³/mol. The number of nitrogens with zero attached hydrogens (tertiary/aromatic N) is 1. The third-order valence-corrected chi connectivity index (χ3v) is 6.38. The van der Waals surface area contributed by atoms with Crippen LogP contribution in [-0.2, 0) is 17.3 Å². The lowest BCUT2D eigenvalue weighted by atomic mass is 9.74. The van der Waals surface area contributed by atoms with E-state index in [-0.39, 0.29) is 6.04 Å². The summed E-state index contributed by atoms with van der Waals surface area (Å²) in [6, 6.07) is 19.5. The van der Waals surface area contributed by atoms with E-state index in [9.17, 15) is 5.26 Å². The number of benzene rings is 2. The summed E-state index contributed by atoms with van der Waals surface area (Å²) in [5.41, 5.74) is 4.68. The van der Waals surface area contributed by atoms with Gasteiger partial charge in [0.1, 0.15) is 13.4 Å². The fraction of sp³-hybridized carbons (Fsp3) is 0.409. The molecule has 0 amide bonds. The van der Waals surface area contributed by atoms with Crippen molar-refractivity contribution in [1.82, 2.24) is 5.32 Å². The largest absolute Gasteiger partial charge is 0.416 e. The quantitative estimate of drug-likeness (QED) is 0.789. The van der Waals surface area contributed by atoms with Gasteiger partial charge >= 0.3 is 0 Å². The highest BCUT2D eigenvalue weighted by molar-refractivity contribution is 6.69. The van der Waals surface area contributed by atoms with Gasteiger partial charge < -0.3 is 4.43 Å². The molecule has 140 valence electrons. The van der Waals surface area contributed by atoms with Gasteiger partial charge in [0.25, 0.3) is 0 Å². The zero-order chi connectivity index (χ0) is 19.5. The summed E-state index contributed by atoms with van der Waals surface area (Å²) in [7, 11) is 0.526. The third-order valence-electron chi connectivity index (χ3n) is 5.35. The average molecular weight is 376 g/mol. The Morgan fingerprint density at radius 1 is 1.19 bits per heavy atom. The van der Waals surface area contributed by atoms with Crippen molar-refractivity contribution in [2.24, 2.45) is 0 Å². The van der Waals surface area contributed by atoms with Crippen LogP contribution in [0.2, 0.25) is 19.6 Å². The maximum atomic E-state index is 10.1. The SMILES string of the molecule is Bc1cccc2c1CCC(C#N)(N[C@@H](CO[Si](C)(C)C)c1ccccc1)C2. The second-order valence-corrected chi connectivity index (χ2v) is 13.1. The van der Waals surface area contributed by atoms with Crippen LogP contribution in [0.5, 0.6) is 0 Å². The normalized spacial score (nSPS) is 20.5. The molecule has 2 aromatic carbocycles. The molecule has 2 aromatic rings. The Labute approximate surface area is 165 Å². The summed E-state index contributed by atoms with van der Waals surface area (Å²) in [4.78, 5) is 0. The first-order valence-electron chi connectivity index (χ1n) is 9.77. The number of fused-ring (bicyclic) bond motifs is 1. The van der Waals surface area contributed by atoms with Crippen LogP contribution < -0.4 is 10.8 Å². The molecule has 0 heterocycles. The molecule has 0 saturated heterocycles. The van der Waals surface area contributed by atoms with Gasteiger partial charge in [-0.15, -0.1) is 0 Å². The van der Waals surface area contributed by atoms with Gasteiger partial charge in [-0.2, -0.15) is 5.26 Å². The number of nitriles is 1. The van der Waals surface area contributed by atoms with E-state index in [2.05, 4.69) is 81.3 Å².